The first-order valence-electron chi connectivity index (χ1n) is 4.78. The molecule has 0 aliphatic carbocycles. The van der Waals surface area contributed by atoms with Gasteiger partial charge in [0.2, 0.25) is 0 Å². The summed E-state index contributed by atoms with van der Waals surface area (Å²) in [6.45, 7) is 0. The van der Waals surface area contributed by atoms with Crippen LogP contribution in [0.1, 0.15) is 9.67 Å². The number of nitro groups is 1. The van der Waals surface area contributed by atoms with E-state index >= 15 is 0 Å². The number of hydrogen-bond acceptors (Lipinski definition) is 5. The van der Waals surface area contributed by atoms with E-state index in [4.69, 9.17) is 5.11 Å². The number of thiophene rings is 1. The average molecular weight is 265 g/mol. The standard InChI is InChI=1S/C11H7NO5S/c13-9-2-1-6(3-8(9)12(16)17)7-4-10(11(14)15)18-5-7/h1-5,13H,(H,14,15). The van der Waals surface area contributed by atoms with Crippen molar-refractivity contribution in [3.8, 4) is 16.9 Å². The number of carbonyl (C=O) groups is 1. The topological polar surface area (TPSA) is 101 Å². The first kappa shape index (κ1) is 12.1. The summed E-state index contributed by atoms with van der Waals surface area (Å²) >= 11 is 1.04. The van der Waals surface area contributed by atoms with E-state index in [-0.39, 0.29) is 4.88 Å². The third-order valence-electron chi connectivity index (χ3n) is 2.32. The molecule has 0 amide bonds. The van der Waals surface area contributed by atoms with E-state index < -0.39 is 22.3 Å². The number of aromatic hydroxyl groups is 1. The first-order chi connectivity index (χ1) is 8.49. The van der Waals surface area contributed by atoms with Crippen molar-refractivity contribution in [2.75, 3.05) is 0 Å². The number of nitro benzene ring substituents is 1. The molecule has 2 aromatic rings. The fourth-order valence-electron chi connectivity index (χ4n) is 1.45. The predicted molar refractivity (Wildman–Crippen MR) is 65.0 cm³/mol. The lowest BCUT2D eigenvalue weighted by Gasteiger charge is -1.99. The minimum Gasteiger partial charge on any atom is -0.502 e. The highest BCUT2D eigenvalue weighted by molar-refractivity contribution is 7.12. The molecule has 7 heteroatoms. The van der Waals surface area contributed by atoms with Gasteiger partial charge in [-0.2, -0.15) is 0 Å². The molecule has 0 atom stereocenters. The summed E-state index contributed by atoms with van der Waals surface area (Å²) in [6, 6.07) is 5.35. The lowest BCUT2D eigenvalue weighted by Crippen LogP contribution is -1.90. The maximum absolute atomic E-state index is 10.7. The van der Waals surface area contributed by atoms with Crippen LogP contribution in [0.5, 0.6) is 5.75 Å². The predicted octanol–water partition coefficient (Wildman–Crippen LogP) is 2.73. The first-order valence-corrected chi connectivity index (χ1v) is 5.66. The summed E-state index contributed by atoms with van der Waals surface area (Å²) in [6.07, 6.45) is 0. The number of benzene rings is 1. The van der Waals surface area contributed by atoms with E-state index in [1.807, 2.05) is 0 Å². The van der Waals surface area contributed by atoms with Crippen LogP contribution in [-0.2, 0) is 0 Å². The number of carboxylic acid groups (broad SMARTS) is 1. The monoisotopic (exact) mass is 265 g/mol. The van der Waals surface area contributed by atoms with Crippen molar-refractivity contribution in [2.24, 2.45) is 0 Å². The van der Waals surface area contributed by atoms with E-state index in [1.54, 1.807) is 5.38 Å². The van der Waals surface area contributed by atoms with Gasteiger partial charge in [0, 0.05) is 6.07 Å². The number of aromatic carboxylic acids is 1. The van der Waals surface area contributed by atoms with Gasteiger partial charge < -0.3 is 10.2 Å². The lowest BCUT2D eigenvalue weighted by atomic mass is 10.1. The normalized spacial score (nSPS) is 10.2. The fourth-order valence-corrected chi connectivity index (χ4v) is 2.20. The Morgan fingerprint density at radius 1 is 1.28 bits per heavy atom. The Morgan fingerprint density at radius 2 is 2.00 bits per heavy atom. The molecule has 0 radical (unpaired) electrons. The molecule has 0 unspecified atom stereocenters. The molecule has 0 fully saturated rings. The van der Waals surface area contributed by atoms with E-state index in [0.29, 0.717) is 11.1 Å². The summed E-state index contributed by atoms with van der Waals surface area (Å²) in [5.74, 6) is -1.46. The third-order valence-corrected chi connectivity index (χ3v) is 3.23. The van der Waals surface area contributed by atoms with Crippen LogP contribution in [0.15, 0.2) is 29.6 Å². The molecule has 0 spiro atoms. The number of phenols is 1. The highest BCUT2D eigenvalue weighted by atomic mass is 32.1. The number of hydrogen-bond donors (Lipinski definition) is 2. The Hall–Kier alpha value is -2.41. The van der Waals surface area contributed by atoms with Crippen LogP contribution in [-0.4, -0.2) is 21.1 Å². The summed E-state index contributed by atoms with van der Waals surface area (Å²) in [7, 11) is 0. The van der Waals surface area contributed by atoms with Gasteiger partial charge in [-0.25, -0.2) is 4.79 Å². The van der Waals surface area contributed by atoms with Gasteiger partial charge in [-0.15, -0.1) is 11.3 Å². The van der Waals surface area contributed by atoms with E-state index in [1.165, 1.54) is 24.3 Å². The molecule has 1 heterocycles. The van der Waals surface area contributed by atoms with Crippen molar-refractivity contribution in [1.82, 2.24) is 0 Å². The van der Waals surface area contributed by atoms with Gasteiger partial charge in [-0.3, -0.25) is 10.1 Å². The zero-order chi connectivity index (χ0) is 13.3. The Bertz CT molecular complexity index is 634. The van der Waals surface area contributed by atoms with Crippen molar-refractivity contribution < 1.29 is 19.9 Å². The van der Waals surface area contributed by atoms with Gasteiger partial charge in [-0.1, -0.05) is 6.07 Å². The zero-order valence-electron chi connectivity index (χ0n) is 8.86. The van der Waals surface area contributed by atoms with Gasteiger partial charge in [0.05, 0.1) is 4.92 Å². The molecule has 2 N–H and O–H groups in total. The number of carboxylic acids is 1. The second-order valence-corrected chi connectivity index (χ2v) is 4.38. The molecule has 0 saturated heterocycles. The SMILES string of the molecule is O=C(O)c1cc(-c2ccc(O)c([N+](=O)[O-])c2)cs1. The minimum atomic E-state index is -1.04. The zero-order valence-corrected chi connectivity index (χ0v) is 9.68. The van der Waals surface area contributed by atoms with E-state index in [0.717, 1.165) is 11.3 Å². The molecule has 0 aliphatic rings. The van der Waals surface area contributed by atoms with Gasteiger partial charge >= 0.3 is 11.7 Å². The summed E-state index contributed by atoms with van der Waals surface area (Å²) in [5, 5.41) is 30.4. The maximum Gasteiger partial charge on any atom is 0.345 e. The number of nitrogens with zero attached hydrogens (tertiary/aromatic N) is 1. The molecule has 0 bridgehead atoms. The highest BCUT2D eigenvalue weighted by Crippen LogP contribution is 2.33. The maximum atomic E-state index is 10.7. The molecular weight excluding hydrogens is 258 g/mol. The summed E-state index contributed by atoms with van der Waals surface area (Å²) in [5.41, 5.74) is 0.652. The van der Waals surface area contributed by atoms with Crippen molar-refractivity contribution in [1.29, 1.82) is 0 Å². The fraction of sp³-hybridized carbons (Fsp3) is 0. The van der Waals surface area contributed by atoms with Crippen molar-refractivity contribution in [3.63, 3.8) is 0 Å². The summed E-state index contributed by atoms with van der Waals surface area (Å²) < 4.78 is 0. The van der Waals surface area contributed by atoms with E-state index in [2.05, 4.69) is 0 Å². The Labute approximate surface area is 105 Å². The van der Waals surface area contributed by atoms with Gasteiger partial charge in [0.15, 0.2) is 5.75 Å². The Balaban J connectivity index is 2.47. The molecule has 2 rings (SSSR count). The molecule has 0 aliphatic heterocycles. The Morgan fingerprint density at radius 3 is 2.56 bits per heavy atom. The van der Waals surface area contributed by atoms with Gasteiger partial charge in [0.1, 0.15) is 4.88 Å². The van der Waals surface area contributed by atoms with Crippen LogP contribution in [0.3, 0.4) is 0 Å². The second kappa shape index (κ2) is 4.46. The highest BCUT2D eigenvalue weighted by Gasteiger charge is 2.15. The smallest absolute Gasteiger partial charge is 0.345 e. The van der Waals surface area contributed by atoms with Crippen molar-refractivity contribution >= 4 is 23.0 Å². The van der Waals surface area contributed by atoms with Crippen LogP contribution in [0.25, 0.3) is 11.1 Å². The van der Waals surface area contributed by atoms with Crippen molar-refractivity contribution in [2.45, 2.75) is 0 Å². The van der Waals surface area contributed by atoms with Crippen molar-refractivity contribution in [3.05, 3.63) is 44.6 Å². The van der Waals surface area contributed by atoms with Crippen LogP contribution < -0.4 is 0 Å². The van der Waals surface area contributed by atoms with Crippen LogP contribution >= 0.6 is 11.3 Å². The lowest BCUT2D eigenvalue weighted by molar-refractivity contribution is -0.385. The molecule has 18 heavy (non-hydrogen) atoms. The Kier molecular flexibility index (Phi) is 2.99. The van der Waals surface area contributed by atoms with E-state index in [9.17, 15) is 20.0 Å². The number of phenolic OH excluding ortho intramolecular Hbond substituents is 1. The molecular formula is C11H7NO5S. The van der Waals surface area contributed by atoms with Crippen LogP contribution in [0.2, 0.25) is 0 Å². The molecule has 92 valence electrons. The average Bonchev–Trinajstić information content (AvgIpc) is 2.78. The second-order valence-electron chi connectivity index (χ2n) is 3.47. The van der Waals surface area contributed by atoms with Gasteiger partial charge in [-0.05, 0) is 28.6 Å². The minimum absolute atomic E-state index is 0.153. The molecule has 1 aromatic carbocycles. The third kappa shape index (κ3) is 2.16. The largest absolute Gasteiger partial charge is 0.502 e. The summed E-state index contributed by atoms with van der Waals surface area (Å²) in [4.78, 5) is 20.9. The molecule has 1 aromatic heterocycles. The van der Waals surface area contributed by atoms with Gasteiger partial charge in [0.25, 0.3) is 0 Å². The molecule has 0 saturated carbocycles. The number of rotatable bonds is 3. The van der Waals surface area contributed by atoms with Crippen LogP contribution in [0, 0.1) is 10.1 Å². The quantitative estimate of drug-likeness (QED) is 0.656. The van der Waals surface area contributed by atoms with Crippen LogP contribution in [0.4, 0.5) is 5.69 Å². The molecule has 6 nitrogen and oxygen atoms in total.